The van der Waals surface area contributed by atoms with Gasteiger partial charge >= 0.3 is 0 Å². The third-order valence-corrected chi connectivity index (χ3v) is 5.86. The normalized spacial score (nSPS) is 13.3. The minimum absolute atomic E-state index is 0.348. The van der Waals surface area contributed by atoms with Crippen molar-refractivity contribution in [1.82, 2.24) is 0 Å². The molecule has 0 unspecified atom stereocenters. The molecule has 2 nitrogen and oxygen atoms in total. The number of aliphatic hydroxyl groups excluding tert-OH is 1. The van der Waals surface area contributed by atoms with Gasteiger partial charge in [-0.3, -0.25) is 0 Å². The molecule has 0 amide bonds. The number of alkyl halides is 1. The smallest absolute Gasteiger partial charge is 0.116 e. The predicted molar refractivity (Wildman–Crippen MR) is 118 cm³/mol. The number of nitrogens with zero attached hydrogens (tertiary/aromatic N) is 1. The molecule has 3 heteroatoms. The molecule has 26 heavy (non-hydrogen) atoms. The van der Waals surface area contributed by atoms with E-state index in [9.17, 15) is 5.11 Å². The van der Waals surface area contributed by atoms with Crippen molar-refractivity contribution in [2.75, 3.05) is 33.1 Å². The molecule has 0 aromatic rings. The molecule has 0 spiro atoms. The van der Waals surface area contributed by atoms with Crippen LogP contribution in [0.2, 0.25) is 0 Å². The Morgan fingerprint density at radius 3 is 1.35 bits per heavy atom. The quantitative estimate of drug-likeness (QED) is 0.136. The molecule has 0 saturated carbocycles. The van der Waals surface area contributed by atoms with Crippen LogP contribution in [0.15, 0.2) is 0 Å². The van der Waals surface area contributed by atoms with Gasteiger partial charge in [-0.1, -0.05) is 96.8 Å². The number of hydrogen-bond acceptors (Lipinski definition) is 1. The molecule has 0 aromatic heterocycles. The molecule has 0 saturated heterocycles. The highest BCUT2D eigenvalue weighted by molar-refractivity contribution is 6.18. The van der Waals surface area contributed by atoms with Crippen molar-refractivity contribution >= 4 is 11.6 Å². The van der Waals surface area contributed by atoms with Crippen molar-refractivity contribution in [3.63, 3.8) is 0 Å². The van der Waals surface area contributed by atoms with E-state index in [-0.39, 0.29) is 6.10 Å². The number of hydrogen-bond donors (Lipinski definition) is 1. The van der Waals surface area contributed by atoms with Crippen LogP contribution in [0.5, 0.6) is 0 Å². The minimum Gasteiger partial charge on any atom is -0.386 e. The second-order valence-corrected chi connectivity index (χ2v) is 9.26. The van der Waals surface area contributed by atoms with E-state index in [2.05, 4.69) is 21.0 Å². The summed E-state index contributed by atoms with van der Waals surface area (Å²) in [5.74, 6) is 0.348. The Labute approximate surface area is 170 Å². The minimum atomic E-state index is -0.368. The van der Waals surface area contributed by atoms with Gasteiger partial charge in [-0.25, -0.2) is 0 Å². The van der Waals surface area contributed by atoms with E-state index in [0.29, 0.717) is 5.88 Å². The average molecular weight is 391 g/mol. The van der Waals surface area contributed by atoms with Crippen molar-refractivity contribution in [3.05, 3.63) is 0 Å². The Morgan fingerprint density at radius 1 is 0.654 bits per heavy atom. The van der Waals surface area contributed by atoms with E-state index in [0.717, 1.165) is 17.6 Å². The summed E-state index contributed by atoms with van der Waals surface area (Å²) >= 11 is 5.70. The van der Waals surface area contributed by atoms with Crippen LogP contribution in [0.4, 0.5) is 0 Å². The standard InChI is InChI=1S/C23H49ClNO/c1-4-5-6-7-8-9-10-11-12-13-14-15-16-17-18-19-20-25(2,3)22-23(26)21-24/h23,26H,4-22H2,1-3H3/q+1/t23-/m1/s1. The Kier molecular flexibility index (Phi) is 18.7. The molecule has 0 aliphatic rings. The van der Waals surface area contributed by atoms with Crippen LogP contribution in [-0.2, 0) is 0 Å². The third kappa shape index (κ3) is 19.0. The van der Waals surface area contributed by atoms with Gasteiger partial charge in [0.25, 0.3) is 0 Å². The van der Waals surface area contributed by atoms with Crippen LogP contribution >= 0.6 is 11.6 Å². The summed E-state index contributed by atoms with van der Waals surface area (Å²) in [4.78, 5) is 0. The van der Waals surface area contributed by atoms with Crippen LogP contribution in [-0.4, -0.2) is 48.8 Å². The van der Waals surface area contributed by atoms with E-state index in [1.807, 2.05) is 0 Å². The van der Waals surface area contributed by atoms with Crippen molar-refractivity contribution in [1.29, 1.82) is 0 Å². The lowest BCUT2D eigenvalue weighted by Crippen LogP contribution is -2.46. The van der Waals surface area contributed by atoms with Gasteiger partial charge in [0.1, 0.15) is 12.6 Å². The lowest BCUT2D eigenvalue weighted by molar-refractivity contribution is -0.893. The Balaban J connectivity index is 3.22. The van der Waals surface area contributed by atoms with Crippen LogP contribution < -0.4 is 0 Å². The highest BCUT2D eigenvalue weighted by atomic mass is 35.5. The predicted octanol–water partition coefficient (Wildman–Crippen LogP) is 6.92. The molecule has 0 bridgehead atoms. The summed E-state index contributed by atoms with van der Waals surface area (Å²) in [7, 11) is 4.39. The lowest BCUT2D eigenvalue weighted by Gasteiger charge is -2.31. The Morgan fingerprint density at radius 2 is 1.00 bits per heavy atom. The first kappa shape index (κ1) is 26.2. The van der Waals surface area contributed by atoms with E-state index in [1.54, 1.807) is 0 Å². The van der Waals surface area contributed by atoms with E-state index >= 15 is 0 Å². The number of likely N-dealkylation sites (N-methyl/N-ethyl adjacent to an activating group) is 1. The van der Waals surface area contributed by atoms with Gasteiger partial charge < -0.3 is 9.59 Å². The summed E-state index contributed by atoms with van der Waals surface area (Å²) in [5.41, 5.74) is 0. The molecule has 0 fully saturated rings. The molecule has 0 aliphatic heterocycles. The molecule has 0 aromatic carbocycles. The third-order valence-electron chi connectivity index (χ3n) is 5.50. The molecule has 1 N–H and O–H groups in total. The second kappa shape index (κ2) is 18.6. The van der Waals surface area contributed by atoms with Gasteiger partial charge in [-0.2, -0.15) is 0 Å². The fourth-order valence-corrected chi connectivity index (χ4v) is 3.90. The second-order valence-electron chi connectivity index (χ2n) is 8.95. The maximum Gasteiger partial charge on any atom is 0.116 e. The van der Waals surface area contributed by atoms with Crippen molar-refractivity contribution in [2.45, 2.75) is 116 Å². The first-order chi connectivity index (χ1) is 12.5. The van der Waals surface area contributed by atoms with Gasteiger partial charge in [-0.05, 0) is 12.8 Å². The van der Waals surface area contributed by atoms with E-state index in [1.165, 1.54) is 103 Å². The van der Waals surface area contributed by atoms with Crippen LogP contribution in [0.1, 0.15) is 110 Å². The van der Waals surface area contributed by atoms with Gasteiger partial charge in [-0.15, -0.1) is 11.6 Å². The highest BCUT2D eigenvalue weighted by Gasteiger charge is 2.19. The summed E-state index contributed by atoms with van der Waals surface area (Å²) < 4.78 is 0.881. The fourth-order valence-electron chi connectivity index (χ4n) is 3.80. The summed E-state index contributed by atoms with van der Waals surface area (Å²) in [6.45, 7) is 4.20. The Hall–Kier alpha value is 0.210. The number of halogens is 1. The summed E-state index contributed by atoms with van der Waals surface area (Å²) in [5, 5.41) is 9.68. The average Bonchev–Trinajstić information content (AvgIpc) is 2.60. The monoisotopic (exact) mass is 390 g/mol. The first-order valence-electron chi connectivity index (χ1n) is 11.6. The summed E-state index contributed by atoms with van der Waals surface area (Å²) in [6.07, 6.45) is 22.2. The van der Waals surface area contributed by atoms with Gasteiger partial charge in [0.05, 0.1) is 26.5 Å². The van der Waals surface area contributed by atoms with Crippen molar-refractivity contribution < 1.29 is 9.59 Å². The van der Waals surface area contributed by atoms with Crippen molar-refractivity contribution in [3.8, 4) is 0 Å². The maximum absolute atomic E-state index is 9.68. The zero-order chi connectivity index (χ0) is 19.5. The van der Waals surface area contributed by atoms with Gasteiger partial charge in [0, 0.05) is 0 Å². The molecule has 158 valence electrons. The summed E-state index contributed by atoms with van der Waals surface area (Å²) in [6, 6.07) is 0. The fraction of sp³-hybridized carbons (Fsp3) is 1.00. The van der Waals surface area contributed by atoms with E-state index < -0.39 is 0 Å². The SMILES string of the molecule is CCCCCCCCCCCCCCCCCC[N+](C)(C)C[C@H](O)CCl. The zero-order valence-corrected chi connectivity index (χ0v) is 19.0. The largest absolute Gasteiger partial charge is 0.386 e. The molecule has 0 aliphatic carbocycles. The lowest BCUT2D eigenvalue weighted by atomic mass is 10.0. The first-order valence-corrected chi connectivity index (χ1v) is 12.1. The highest BCUT2D eigenvalue weighted by Crippen LogP contribution is 2.14. The van der Waals surface area contributed by atoms with Gasteiger partial charge in [0.2, 0.25) is 0 Å². The molecular formula is C23H49ClNO+. The Bertz CT molecular complexity index is 283. The molecule has 1 atom stereocenters. The number of quaternary nitrogens is 1. The number of rotatable bonds is 20. The zero-order valence-electron chi connectivity index (χ0n) is 18.3. The number of aliphatic hydroxyl groups is 1. The van der Waals surface area contributed by atoms with Gasteiger partial charge in [0.15, 0.2) is 0 Å². The number of unbranched alkanes of at least 4 members (excludes halogenated alkanes) is 15. The molecule has 0 heterocycles. The molecule has 0 rings (SSSR count). The topological polar surface area (TPSA) is 20.2 Å². The molecule has 0 radical (unpaired) electrons. The van der Waals surface area contributed by atoms with Crippen LogP contribution in [0.25, 0.3) is 0 Å². The molecular weight excluding hydrogens is 342 g/mol. The maximum atomic E-state index is 9.68. The van der Waals surface area contributed by atoms with E-state index in [4.69, 9.17) is 11.6 Å². The van der Waals surface area contributed by atoms with Crippen molar-refractivity contribution in [2.24, 2.45) is 0 Å². The van der Waals surface area contributed by atoms with Crippen LogP contribution in [0.3, 0.4) is 0 Å². The van der Waals surface area contributed by atoms with Crippen LogP contribution in [0, 0.1) is 0 Å².